The van der Waals surface area contributed by atoms with Gasteiger partial charge in [-0.1, -0.05) is 36.4 Å². The number of carbonyl (C=O) groups is 2. The maximum Gasteiger partial charge on any atom is 0.410 e. The van der Waals surface area contributed by atoms with Crippen LogP contribution in [0.25, 0.3) is 0 Å². The Bertz CT molecular complexity index is 1220. The number of hydrogen-bond acceptors (Lipinski definition) is 6. The van der Waals surface area contributed by atoms with Gasteiger partial charge >= 0.3 is 6.09 Å². The first-order valence-corrected chi connectivity index (χ1v) is 11.7. The first kappa shape index (κ1) is 22.7. The molecule has 1 aromatic heterocycles. The van der Waals surface area contributed by atoms with Crippen LogP contribution in [0.4, 0.5) is 16.3 Å². The van der Waals surface area contributed by atoms with Crippen LogP contribution in [-0.4, -0.2) is 65.7 Å². The van der Waals surface area contributed by atoms with Gasteiger partial charge in [-0.3, -0.25) is 4.79 Å². The zero-order valence-corrected chi connectivity index (χ0v) is 19.6. The number of ether oxygens (including phenoxy) is 2. The van der Waals surface area contributed by atoms with E-state index in [0.29, 0.717) is 49.7 Å². The van der Waals surface area contributed by atoms with E-state index >= 15 is 0 Å². The van der Waals surface area contributed by atoms with Crippen LogP contribution in [0.1, 0.15) is 22.3 Å². The second kappa shape index (κ2) is 9.66. The second-order valence-corrected chi connectivity index (χ2v) is 8.94. The summed E-state index contributed by atoms with van der Waals surface area (Å²) in [6, 6.07) is 21.0. The molecular weight excluding hydrogens is 444 g/mol. The molecule has 0 radical (unpaired) electrons. The van der Waals surface area contributed by atoms with Crippen molar-refractivity contribution in [3.8, 4) is 5.75 Å². The van der Waals surface area contributed by atoms with Crippen molar-refractivity contribution in [3.63, 3.8) is 0 Å². The van der Waals surface area contributed by atoms with Crippen LogP contribution >= 0.6 is 0 Å². The lowest BCUT2D eigenvalue weighted by Gasteiger charge is -2.23. The first-order valence-electron chi connectivity index (χ1n) is 11.7. The van der Waals surface area contributed by atoms with Gasteiger partial charge in [0, 0.05) is 37.5 Å². The number of nitrogens with zero attached hydrogens (tertiary/aromatic N) is 3. The molecule has 2 aliphatic heterocycles. The lowest BCUT2D eigenvalue weighted by atomic mass is 10.0. The number of carbonyl (C=O) groups excluding carboxylic acids is 2. The number of likely N-dealkylation sites (tertiary alicyclic amines) is 1. The highest BCUT2D eigenvalue weighted by Gasteiger charge is 2.50. The summed E-state index contributed by atoms with van der Waals surface area (Å²) in [5.74, 6) is 1.04. The Morgan fingerprint density at radius 1 is 1.11 bits per heavy atom. The Balaban J connectivity index is 1.25. The minimum Gasteiger partial charge on any atom is -0.497 e. The molecule has 0 aliphatic carbocycles. The molecule has 2 aromatic carbocycles. The topological polar surface area (TPSA) is 84.0 Å². The van der Waals surface area contributed by atoms with Crippen molar-refractivity contribution >= 4 is 23.5 Å². The van der Waals surface area contributed by atoms with Crippen molar-refractivity contribution in [3.05, 3.63) is 84.1 Å². The van der Waals surface area contributed by atoms with E-state index in [2.05, 4.69) is 22.4 Å². The molecule has 8 heteroatoms. The van der Waals surface area contributed by atoms with Crippen molar-refractivity contribution in [1.29, 1.82) is 0 Å². The quantitative estimate of drug-likeness (QED) is 0.557. The summed E-state index contributed by atoms with van der Waals surface area (Å²) in [5, 5.41) is 3.23. The Morgan fingerprint density at radius 3 is 2.80 bits per heavy atom. The molecule has 2 aliphatic rings. The molecule has 8 nitrogen and oxygen atoms in total. The molecule has 5 rings (SSSR count). The number of amides is 2. The van der Waals surface area contributed by atoms with Gasteiger partial charge in [0.2, 0.25) is 0 Å². The van der Waals surface area contributed by atoms with Crippen molar-refractivity contribution < 1.29 is 19.1 Å². The smallest absolute Gasteiger partial charge is 0.410 e. The molecule has 180 valence electrons. The van der Waals surface area contributed by atoms with Gasteiger partial charge in [-0.15, -0.1) is 0 Å². The Labute approximate surface area is 204 Å². The van der Waals surface area contributed by atoms with Crippen molar-refractivity contribution in [2.24, 2.45) is 0 Å². The Kier molecular flexibility index (Phi) is 6.27. The lowest BCUT2D eigenvalue weighted by Crippen LogP contribution is -2.40. The number of benzene rings is 2. The van der Waals surface area contributed by atoms with Crippen LogP contribution in [0.3, 0.4) is 0 Å². The predicted octanol–water partition coefficient (Wildman–Crippen LogP) is 4.11. The highest BCUT2D eigenvalue weighted by molar-refractivity contribution is 5.99. The second-order valence-electron chi connectivity index (χ2n) is 8.94. The van der Waals surface area contributed by atoms with E-state index in [1.807, 2.05) is 42.5 Å². The first-order chi connectivity index (χ1) is 17.0. The maximum absolute atomic E-state index is 13.5. The van der Waals surface area contributed by atoms with Crippen molar-refractivity contribution in [1.82, 2.24) is 14.8 Å². The summed E-state index contributed by atoms with van der Waals surface area (Å²) in [6.07, 6.45) is 2.72. The van der Waals surface area contributed by atoms with Crippen LogP contribution in [-0.2, 0) is 11.2 Å². The van der Waals surface area contributed by atoms with E-state index < -0.39 is 5.60 Å². The molecule has 2 amide bonds. The molecule has 1 spiro atoms. The third-order valence-electron chi connectivity index (χ3n) is 6.53. The Morgan fingerprint density at radius 2 is 1.97 bits per heavy atom. The number of pyridine rings is 1. The standard InChI is InChI=1S/C27H28N4O4/c1-34-22-10-5-9-21(17-22)29-24-23(11-6-14-28-24)25(32)30-16-13-27(18-30)19-31(26(33)35-27)15-12-20-7-3-2-4-8-20/h2-11,14,17H,12-13,15-16,18-19H2,1H3,(H,28,29)/t27-/m1/s1. The summed E-state index contributed by atoms with van der Waals surface area (Å²) in [6.45, 7) is 1.97. The van der Waals surface area contributed by atoms with Crippen molar-refractivity contribution in [2.75, 3.05) is 38.6 Å². The normalized spacial score (nSPS) is 19.2. The van der Waals surface area contributed by atoms with E-state index in [9.17, 15) is 9.59 Å². The lowest BCUT2D eigenvalue weighted by molar-refractivity contribution is 0.0553. The third-order valence-corrected chi connectivity index (χ3v) is 6.53. The molecule has 3 aromatic rings. The number of hydrogen-bond donors (Lipinski definition) is 1. The fraction of sp³-hybridized carbons (Fsp3) is 0.296. The SMILES string of the molecule is COc1cccc(Nc2ncccc2C(=O)N2CC[C@]3(CN(CCc4ccccc4)C(=O)O3)C2)c1. The monoisotopic (exact) mass is 472 g/mol. The number of rotatable bonds is 7. The highest BCUT2D eigenvalue weighted by Crippen LogP contribution is 2.34. The molecule has 1 atom stereocenters. The number of methoxy groups -OCH3 is 1. The number of aromatic nitrogens is 1. The molecule has 0 bridgehead atoms. The summed E-state index contributed by atoms with van der Waals surface area (Å²) < 4.78 is 11.1. The molecular formula is C27H28N4O4. The zero-order chi connectivity index (χ0) is 24.3. The maximum atomic E-state index is 13.5. The van der Waals surface area contributed by atoms with Crippen molar-refractivity contribution in [2.45, 2.75) is 18.4 Å². The van der Waals surface area contributed by atoms with Gasteiger partial charge in [-0.2, -0.15) is 0 Å². The van der Waals surface area contributed by atoms with E-state index in [-0.39, 0.29) is 12.0 Å². The fourth-order valence-electron chi connectivity index (χ4n) is 4.69. The molecule has 35 heavy (non-hydrogen) atoms. The van der Waals surface area contributed by atoms with E-state index in [1.54, 1.807) is 35.2 Å². The van der Waals surface area contributed by atoms with Gasteiger partial charge in [-0.25, -0.2) is 9.78 Å². The molecule has 0 saturated carbocycles. The average Bonchev–Trinajstić information content (AvgIpc) is 3.45. The van der Waals surface area contributed by atoms with Crippen LogP contribution in [0.5, 0.6) is 5.75 Å². The molecule has 0 unspecified atom stereocenters. The minimum absolute atomic E-state index is 0.140. The molecule has 2 saturated heterocycles. The summed E-state index contributed by atoms with van der Waals surface area (Å²) in [4.78, 5) is 33.9. The predicted molar refractivity (Wildman–Crippen MR) is 132 cm³/mol. The van der Waals surface area contributed by atoms with Crippen LogP contribution < -0.4 is 10.1 Å². The average molecular weight is 473 g/mol. The van der Waals surface area contributed by atoms with E-state index in [1.165, 1.54) is 5.56 Å². The molecule has 1 N–H and O–H groups in total. The van der Waals surface area contributed by atoms with Crippen LogP contribution in [0, 0.1) is 0 Å². The number of nitrogens with one attached hydrogen (secondary N) is 1. The minimum atomic E-state index is -0.661. The van der Waals surface area contributed by atoms with Gasteiger partial charge in [0.25, 0.3) is 5.91 Å². The highest BCUT2D eigenvalue weighted by atomic mass is 16.6. The van der Waals surface area contributed by atoms with Gasteiger partial charge < -0.3 is 24.6 Å². The summed E-state index contributed by atoms with van der Waals surface area (Å²) in [5.41, 5.74) is 1.76. The number of anilines is 2. The fourth-order valence-corrected chi connectivity index (χ4v) is 4.69. The Hall–Kier alpha value is -4.07. The summed E-state index contributed by atoms with van der Waals surface area (Å²) in [7, 11) is 1.61. The van der Waals surface area contributed by atoms with Gasteiger partial charge in [0.05, 0.1) is 25.8 Å². The van der Waals surface area contributed by atoms with Gasteiger partial charge in [0.1, 0.15) is 11.6 Å². The van der Waals surface area contributed by atoms with Gasteiger partial charge in [-0.05, 0) is 36.2 Å². The van der Waals surface area contributed by atoms with Crippen LogP contribution in [0.2, 0.25) is 0 Å². The summed E-state index contributed by atoms with van der Waals surface area (Å²) >= 11 is 0. The van der Waals surface area contributed by atoms with Gasteiger partial charge in [0.15, 0.2) is 5.60 Å². The zero-order valence-electron chi connectivity index (χ0n) is 19.6. The third kappa shape index (κ3) is 4.91. The van der Waals surface area contributed by atoms with E-state index in [0.717, 1.165) is 12.1 Å². The largest absolute Gasteiger partial charge is 0.497 e. The van der Waals surface area contributed by atoms with Crippen LogP contribution in [0.15, 0.2) is 72.9 Å². The molecule has 3 heterocycles. The van der Waals surface area contributed by atoms with E-state index in [4.69, 9.17) is 9.47 Å². The molecule has 2 fully saturated rings.